The molecule has 0 radical (unpaired) electrons. The molecule has 0 saturated heterocycles. The fourth-order valence-electron chi connectivity index (χ4n) is 5.18. The van der Waals surface area contributed by atoms with Crippen molar-refractivity contribution in [1.29, 1.82) is 0 Å². The number of dihydropyridines is 1. The van der Waals surface area contributed by atoms with Crippen LogP contribution < -0.4 is 5.32 Å². The van der Waals surface area contributed by atoms with E-state index >= 15 is 0 Å². The van der Waals surface area contributed by atoms with Gasteiger partial charge in [0, 0.05) is 40.9 Å². The highest BCUT2D eigenvalue weighted by Crippen LogP contribution is 2.52. The Balaban J connectivity index is 1.80. The van der Waals surface area contributed by atoms with Crippen molar-refractivity contribution >= 4 is 33.3 Å². The number of aromatic nitrogens is 2. The zero-order valence-corrected chi connectivity index (χ0v) is 21.1. The smallest absolute Gasteiger partial charge is 0.337 e. The quantitative estimate of drug-likeness (QED) is 0.358. The molecule has 4 aromatic rings. The van der Waals surface area contributed by atoms with Gasteiger partial charge in [-0.3, -0.25) is 9.78 Å². The van der Waals surface area contributed by atoms with E-state index in [2.05, 4.69) is 15.3 Å². The summed E-state index contributed by atoms with van der Waals surface area (Å²) in [5.74, 6) is -0.643. The first-order chi connectivity index (χ1) is 17.4. The molecule has 1 unspecified atom stereocenters. The number of Topliss-reactive ketones (excluding diaryl/α,β-unsaturated/α-hetero) is 1. The van der Waals surface area contributed by atoms with Gasteiger partial charge in [-0.1, -0.05) is 42.5 Å². The maximum absolute atomic E-state index is 14.0. The number of benzene rings is 1. The van der Waals surface area contributed by atoms with Gasteiger partial charge in [0.25, 0.3) is 0 Å². The Morgan fingerprint density at radius 2 is 1.72 bits per heavy atom. The molecule has 180 valence electrons. The monoisotopic (exact) mass is 495 g/mol. The number of hydrogen-bond acceptors (Lipinski definition) is 7. The zero-order chi connectivity index (χ0) is 25.3. The maximum atomic E-state index is 14.0. The van der Waals surface area contributed by atoms with E-state index in [1.807, 2.05) is 73.8 Å². The number of rotatable bonds is 6. The van der Waals surface area contributed by atoms with Crippen LogP contribution in [0.25, 0.3) is 10.2 Å². The average Bonchev–Trinajstić information content (AvgIpc) is 3.32. The third kappa shape index (κ3) is 3.82. The SMILES string of the molecule is CC(=O)C1=C(C)NC(C)=C(C(=O)OCc2ccccc2)C1(c1cccnc1)c1csc2ncccc12. The number of carbonyl (C=O) groups excluding carboxylic acids is 2. The van der Waals surface area contributed by atoms with E-state index in [-0.39, 0.29) is 12.4 Å². The molecule has 3 aromatic heterocycles. The molecular formula is C29H25N3O3S. The Morgan fingerprint density at radius 3 is 2.44 bits per heavy atom. The number of allylic oxidation sites excluding steroid dienone is 3. The first-order valence-electron chi connectivity index (χ1n) is 11.6. The lowest BCUT2D eigenvalue weighted by Gasteiger charge is -2.42. The van der Waals surface area contributed by atoms with Crippen molar-refractivity contribution in [1.82, 2.24) is 15.3 Å². The summed E-state index contributed by atoms with van der Waals surface area (Å²) in [5.41, 5.74) is 3.33. The van der Waals surface area contributed by atoms with Gasteiger partial charge in [-0.05, 0) is 55.0 Å². The van der Waals surface area contributed by atoms with Crippen molar-refractivity contribution in [3.05, 3.63) is 118 Å². The second-order valence-electron chi connectivity index (χ2n) is 8.74. The van der Waals surface area contributed by atoms with Gasteiger partial charge in [0.1, 0.15) is 11.4 Å². The van der Waals surface area contributed by atoms with Gasteiger partial charge in [0.15, 0.2) is 5.78 Å². The predicted octanol–water partition coefficient (Wildman–Crippen LogP) is 5.46. The van der Waals surface area contributed by atoms with Crippen LogP contribution in [0.2, 0.25) is 0 Å². The van der Waals surface area contributed by atoms with Gasteiger partial charge in [0.05, 0.1) is 11.0 Å². The van der Waals surface area contributed by atoms with E-state index in [9.17, 15) is 9.59 Å². The number of ketones is 1. The van der Waals surface area contributed by atoms with Crippen LogP contribution in [-0.2, 0) is 26.3 Å². The van der Waals surface area contributed by atoms with Crippen LogP contribution in [0.1, 0.15) is 37.5 Å². The molecule has 0 spiro atoms. The van der Waals surface area contributed by atoms with Crippen molar-refractivity contribution < 1.29 is 14.3 Å². The molecule has 7 heteroatoms. The normalized spacial score (nSPS) is 17.8. The summed E-state index contributed by atoms with van der Waals surface area (Å²) in [6.07, 6.45) is 5.14. The van der Waals surface area contributed by atoms with E-state index in [0.29, 0.717) is 28.1 Å². The van der Waals surface area contributed by atoms with Crippen molar-refractivity contribution in [2.45, 2.75) is 32.8 Å². The second-order valence-corrected chi connectivity index (χ2v) is 9.60. The molecule has 0 amide bonds. The fourth-order valence-corrected chi connectivity index (χ4v) is 6.14. The Hall–Kier alpha value is -4.10. The minimum absolute atomic E-state index is 0.115. The topological polar surface area (TPSA) is 81.2 Å². The van der Waals surface area contributed by atoms with E-state index in [1.165, 1.54) is 18.3 Å². The Bertz CT molecular complexity index is 1520. The third-order valence-corrected chi connectivity index (χ3v) is 7.39. The second kappa shape index (κ2) is 9.51. The molecule has 36 heavy (non-hydrogen) atoms. The highest BCUT2D eigenvalue weighted by atomic mass is 32.1. The number of thiophene rings is 1. The minimum atomic E-state index is -1.23. The van der Waals surface area contributed by atoms with Crippen LogP contribution in [0.5, 0.6) is 0 Å². The highest BCUT2D eigenvalue weighted by Gasteiger charge is 2.52. The van der Waals surface area contributed by atoms with E-state index < -0.39 is 11.4 Å². The molecular weight excluding hydrogens is 470 g/mol. The summed E-state index contributed by atoms with van der Waals surface area (Å²) in [7, 11) is 0. The van der Waals surface area contributed by atoms with Crippen molar-refractivity contribution in [2.24, 2.45) is 0 Å². The number of nitrogens with zero attached hydrogens (tertiary/aromatic N) is 2. The molecule has 1 aliphatic heterocycles. The summed E-state index contributed by atoms with van der Waals surface area (Å²) in [6, 6.07) is 17.1. The summed E-state index contributed by atoms with van der Waals surface area (Å²) >= 11 is 1.48. The first kappa shape index (κ1) is 23.6. The van der Waals surface area contributed by atoms with Gasteiger partial charge in [-0.2, -0.15) is 0 Å². The molecule has 4 heterocycles. The molecule has 1 aromatic carbocycles. The van der Waals surface area contributed by atoms with Crippen molar-refractivity contribution in [3.63, 3.8) is 0 Å². The largest absolute Gasteiger partial charge is 0.457 e. The number of nitrogens with one attached hydrogen (secondary N) is 1. The van der Waals surface area contributed by atoms with Crippen LogP contribution in [0, 0.1) is 0 Å². The van der Waals surface area contributed by atoms with E-state index in [0.717, 1.165) is 21.3 Å². The first-order valence-corrected chi connectivity index (χ1v) is 12.5. The lowest BCUT2D eigenvalue weighted by atomic mass is 9.61. The van der Waals surface area contributed by atoms with Gasteiger partial charge in [-0.15, -0.1) is 11.3 Å². The predicted molar refractivity (Wildman–Crippen MR) is 140 cm³/mol. The number of pyridine rings is 2. The highest BCUT2D eigenvalue weighted by molar-refractivity contribution is 7.17. The Morgan fingerprint density at radius 1 is 0.972 bits per heavy atom. The third-order valence-electron chi connectivity index (χ3n) is 6.49. The number of hydrogen-bond donors (Lipinski definition) is 1. The van der Waals surface area contributed by atoms with Crippen molar-refractivity contribution in [3.8, 4) is 0 Å². The number of ether oxygens (including phenoxy) is 1. The molecule has 1 N–H and O–H groups in total. The van der Waals surface area contributed by atoms with Gasteiger partial charge < -0.3 is 10.1 Å². The summed E-state index contributed by atoms with van der Waals surface area (Å²) < 4.78 is 5.88. The molecule has 0 fully saturated rings. The molecule has 5 rings (SSSR count). The summed E-state index contributed by atoms with van der Waals surface area (Å²) in [5, 5.41) is 6.15. The Labute approximate surface area is 213 Å². The van der Waals surface area contributed by atoms with Gasteiger partial charge >= 0.3 is 5.97 Å². The van der Waals surface area contributed by atoms with E-state index in [1.54, 1.807) is 18.6 Å². The van der Waals surface area contributed by atoms with E-state index in [4.69, 9.17) is 4.74 Å². The standard InChI is InChI=1S/C29H25N3O3S/c1-18-25(20(3)33)29(22-11-7-13-30-15-22,24-17-36-27-23(24)12-8-14-31-27)26(19(2)32-18)28(34)35-16-21-9-5-4-6-10-21/h4-15,17,32H,16H2,1-3H3. The Kier molecular flexibility index (Phi) is 6.24. The fraction of sp³-hybridized carbons (Fsp3) is 0.172. The summed E-state index contributed by atoms with van der Waals surface area (Å²) in [4.78, 5) is 37.1. The zero-order valence-electron chi connectivity index (χ0n) is 20.2. The van der Waals surface area contributed by atoms with Crippen LogP contribution >= 0.6 is 11.3 Å². The van der Waals surface area contributed by atoms with Crippen LogP contribution in [0.15, 0.2) is 101 Å². The van der Waals surface area contributed by atoms with Crippen LogP contribution in [0.4, 0.5) is 0 Å². The van der Waals surface area contributed by atoms with Gasteiger partial charge in [0.2, 0.25) is 0 Å². The molecule has 0 bridgehead atoms. The average molecular weight is 496 g/mol. The summed E-state index contributed by atoms with van der Waals surface area (Å²) in [6.45, 7) is 5.36. The minimum Gasteiger partial charge on any atom is -0.457 e. The molecule has 0 saturated carbocycles. The van der Waals surface area contributed by atoms with Crippen LogP contribution in [-0.4, -0.2) is 21.7 Å². The lowest BCUT2D eigenvalue weighted by Crippen LogP contribution is -2.45. The number of fused-ring (bicyclic) bond motifs is 1. The maximum Gasteiger partial charge on any atom is 0.337 e. The lowest BCUT2D eigenvalue weighted by molar-refractivity contribution is -0.141. The molecule has 1 aliphatic rings. The van der Waals surface area contributed by atoms with Gasteiger partial charge in [-0.25, -0.2) is 9.78 Å². The molecule has 1 atom stereocenters. The molecule has 0 aliphatic carbocycles. The van der Waals surface area contributed by atoms with Crippen LogP contribution in [0.3, 0.4) is 0 Å². The number of esters is 1. The molecule has 6 nitrogen and oxygen atoms in total. The number of carbonyl (C=O) groups is 2. The van der Waals surface area contributed by atoms with Crippen molar-refractivity contribution in [2.75, 3.05) is 0 Å².